The summed E-state index contributed by atoms with van der Waals surface area (Å²) in [5.74, 6) is 0.823. The molecule has 0 saturated heterocycles. The number of esters is 3. The summed E-state index contributed by atoms with van der Waals surface area (Å²) >= 11 is 0. The van der Waals surface area contributed by atoms with Crippen LogP contribution in [0.5, 0.6) is 0 Å². The molecule has 0 aliphatic heterocycles. The molecule has 0 aromatic heterocycles. The van der Waals surface area contributed by atoms with Crippen molar-refractivity contribution in [1.82, 2.24) is 0 Å². The fraction of sp³-hybridized carbons (Fsp3) is 0.945. The summed E-state index contributed by atoms with van der Waals surface area (Å²) in [5, 5.41) is 0. The number of unbranched alkanes of at least 4 members (excludes halogenated alkanes) is 34. The number of hydrogen-bond acceptors (Lipinski definition) is 6. The van der Waals surface area contributed by atoms with E-state index in [4.69, 9.17) is 14.2 Å². The third-order valence-corrected chi connectivity index (χ3v) is 12.5. The second-order valence-electron chi connectivity index (χ2n) is 19.8. The van der Waals surface area contributed by atoms with Gasteiger partial charge in [0.25, 0.3) is 0 Å². The lowest BCUT2D eigenvalue weighted by Crippen LogP contribution is -2.30. The number of hydrogen-bond donors (Lipinski definition) is 0. The van der Waals surface area contributed by atoms with Gasteiger partial charge < -0.3 is 14.2 Å². The quantitative estimate of drug-likeness (QED) is 0.0344. The molecule has 6 heteroatoms. The summed E-state index contributed by atoms with van der Waals surface area (Å²) < 4.78 is 16.8. The van der Waals surface area contributed by atoms with Gasteiger partial charge >= 0.3 is 17.9 Å². The lowest BCUT2D eigenvalue weighted by molar-refractivity contribution is -0.167. The standard InChI is InChI=1S/C55H106O6/c1-6-7-8-9-10-11-12-14-21-27-32-37-42-47-55(58)61-52(49-60-54(57)46-41-36-31-26-22-17-19-24-29-34-39-44-51(4)5)48-59-53(56)45-40-35-30-25-20-16-13-15-18-23-28-33-38-43-50(2)3/h50-52H,6-49H2,1-5H3/t52-/m1/s1. The van der Waals surface area contributed by atoms with Crippen molar-refractivity contribution in [2.75, 3.05) is 13.2 Å². The monoisotopic (exact) mass is 863 g/mol. The third kappa shape index (κ3) is 49.3. The van der Waals surface area contributed by atoms with Crippen LogP contribution in [0.2, 0.25) is 0 Å². The number of carbonyl (C=O) groups excluding carboxylic acids is 3. The molecule has 0 aromatic rings. The summed E-state index contributed by atoms with van der Waals surface area (Å²) in [7, 11) is 0. The average Bonchev–Trinajstić information content (AvgIpc) is 3.23. The highest BCUT2D eigenvalue weighted by Gasteiger charge is 2.19. The first-order chi connectivity index (χ1) is 29.7. The molecule has 0 aliphatic rings. The summed E-state index contributed by atoms with van der Waals surface area (Å²) in [4.78, 5) is 38.0. The smallest absolute Gasteiger partial charge is 0.306 e. The van der Waals surface area contributed by atoms with Gasteiger partial charge in [0, 0.05) is 19.3 Å². The van der Waals surface area contributed by atoms with E-state index >= 15 is 0 Å². The summed E-state index contributed by atoms with van der Waals surface area (Å²) in [6.07, 6.45) is 49.4. The zero-order valence-corrected chi connectivity index (χ0v) is 41.8. The van der Waals surface area contributed by atoms with E-state index in [0.29, 0.717) is 19.3 Å². The molecular formula is C55H106O6. The molecule has 61 heavy (non-hydrogen) atoms. The molecule has 0 fully saturated rings. The highest BCUT2D eigenvalue weighted by atomic mass is 16.6. The molecule has 0 saturated carbocycles. The van der Waals surface area contributed by atoms with Gasteiger partial charge in [0.05, 0.1) is 0 Å². The van der Waals surface area contributed by atoms with Gasteiger partial charge in [-0.1, -0.05) is 266 Å². The first kappa shape index (κ1) is 59.4. The van der Waals surface area contributed by atoms with Crippen molar-refractivity contribution in [2.24, 2.45) is 11.8 Å². The van der Waals surface area contributed by atoms with Gasteiger partial charge in [-0.3, -0.25) is 14.4 Å². The van der Waals surface area contributed by atoms with Crippen LogP contribution in [0.25, 0.3) is 0 Å². The predicted octanol–water partition coefficient (Wildman–Crippen LogP) is 17.7. The van der Waals surface area contributed by atoms with Crippen molar-refractivity contribution in [3.63, 3.8) is 0 Å². The first-order valence-electron chi connectivity index (χ1n) is 27.2. The van der Waals surface area contributed by atoms with Gasteiger partial charge in [0.15, 0.2) is 6.10 Å². The Morgan fingerprint density at radius 3 is 0.803 bits per heavy atom. The molecule has 0 unspecified atom stereocenters. The molecule has 0 aromatic carbocycles. The lowest BCUT2D eigenvalue weighted by Gasteiger charge is -2.18. The van der Waals surface area contributed by atoms with E-state index in [-0.39, 0.29) is 31.1 Å². The maximum absolute atomic E-state index is 12.8. The fourth-order valence-electron chi connectivity index (χ4n) is 8.34. The molecule has 6 nitrogen and oxygen atoms in total. The highest BCUT2D eigenvalue weighted by Crippen LogP contribution is 2.18. The Kier molecular flexibility index (Phi) is 46.6. The Balaban J connectivity index is 4.30. The van der Waals surface area contributed by atoms with E-state index < -0.39 is 6.10 Å². The van der Waals surface area contributed by atoms with Crippen LogP contribution in [-0.2, 0) is 28.6 Å². The largest absolute Gasteiger partial charge is 0.462 e. The van der Waals surface area contributed by atoms with Gasteiger partial charge in [0.1, 0.15) is 13.2 Å². The minimum Gasteiger partial charge on any atom is -0.462 e. The summed E-state index contributed by atoms with van der Waals surface area (Å²) in [6.45, 7) is 11.4. The molecule has 1 atom stereocenters. The zero-order valence-electron chi connectivity index (χ0n) is 41.8. The van der Waals surface area contributed by atoms with E-state index in [1.807, 2.05) is 0 Å². The van der Waals surface area contributed by atoms with Crippen LogP contribution in [0.4, 0.5) is 0 Å². The molecule has 0 bridgehead atoms. The molecule has 0 aliphatic carbocycles. The number of rotatable bonds is 49. The predicted molar refractivity (Wildman–Crippen MR) is 261 cm³/mol. The van der Waals surface area contributed by atoms with Gasteiger partial charge in [-0.15, -0.1) is 0 Å². The Morgan fingerprint density at radius 2 is 0.541 bits per heavy atom. The topological polar surface area (TPSA) is 78.9 Å². The molecule has 0 N–H and O–H groups in total. The van der Waals surface area contributed by atoms with Crippen LogP contribution >= 0.6 is 0 Å². The highest BCUT2D eigenvalue weighted by molar-refractivity contribution is 5.71. The molecule has 0 heterocycles. The zero-order chi connectivity index (χ0) is 44.7. The lowest BCUT2D eigenvalue weighted by atomic mass is 10.0. The van der Waals surface area contributed by atoms with Crippen LogP contribution in [-0.4, -0.2) is 37.2 Å². The Hall–Kier alpha value is -1.59. The van der Waals surface area contributed by atoms with Gasteiger partial charge in [-0.05, 0) is 31.1 Å². The van der Waals surface area contributed by atoms with Crippen molar-refractivity contribution in [1.29, 1.82) is 0 Å². The first-order valence-corrected chi connectivity index (χ1v) is 27.2. The van der Waals surface area contributed by atoms with Crippen molar-refractivity contribution < 1.29 is 28.6 Å². The van der Waals surface area contributed by atoms with Crippen LogP contribution in [0.1, 0.15) is 304 Å². The van der Waals surface area contributed by atoms with Gasteiger partial charge in [-0.2, -0.15) is 0 Å². The van der Waals surface area contributed by atoms with Crippen LogP contribution in [0.3, 0.4) is 0 Å². The Bertz CT molecular complexity index is 931. The van der Waals surface area contributed by atoms with E-state index in [9.17, 15) is 14.4 Å². The minimum absolute atomic E-state index is 0.0631. The third-order valence-electron chi connectivity index (χ3n) is 12.5. The minimum atomic E-state index is -0.762. The average molecular weight is 863 g/mol. The van der Waals surface area contributed by atoms with E-state index in [1.165, 1.54) is 193 Å². The molecule has 362 valence electrons. The molecule has 0 amide bonds. The second kappa shape index (κ2) is 47.9. The van der Waals surface area contributed by atoms with E-state index in [0.717, 1.165) is 69.6 Å². The maximum atomic E-state index is 12.8. The molecule has 0 radical (unpaired) electrons. The van der Waals surface area contributed by atoms with Crippen molar-refractivity contribution in [3.8, 4) is 0 Å². The molecule has 0 spiro atoms. The van der Waals surface area contributed by atoms with Crippen LogP contribution in [0.15, 0.2) is 0 Å². The van der Waals surface area contributed by atoms with E-state index in [1.54, 1.807) is 0 Å². The fourth-order valence-corrected chi connectivity index (χ4v) is 8.34. The summed E-state index contributed by atoms with van der Waals surface area (Å²) in [6, 6.07) is 0. The van der Waals surface area contributed by atoms with Gasteiger partial charge in [0.2, 0.25) is 0 Å². The van der Waals surface area contributed by atoms with Gasteiger partial charge in [-0.25, -0.2) is 0 Å². The number of carbonyl (C=O) groups is 3. The van der Waals surface area contributed by atoms with Crippen LogP contribution in [0, 0.1) is 11.8 Å². The molecule has 0 rings (SSSR count). The number of ether oxygens (including phenoxy) is 3. The maximum Gasteiger partial charge on any atom is 0.306 e. The second-order valence-corrected chi connectivity index (χ2v) is 19.8. The van der Waals surface area contributed by atoms with E-state index in [2.05, 4.69) is 34.6 Å². The molecular weight excluding hydrogens is 757 g/mol. The summed E-state index contributed by atoms with van der Waals surface area (Å²) in [5.41, 5.74) is 0. The Morgan fingerprint density at radius 1 is 0.311 bits per heavy atom. The SMILES string of the molecule is CCCCCCCCCCCCCCCC(=O)O[C@H](COC(=O)CCCCCCCCCCCCCCCC(C)C)COC(=O)CCCCCCCCCCCCCC(C)C. The van der Waals surface area contributed by atoms with Crippen molar-refractivity contribution in [2.45, 2.75) is 310 Å². The van der Waals surface area contributed by atoms with Crippen molar-refractivity contribution in [3.05, 3.63) is 0 Å². The van der Waals surface area contributed by atoms with Crippen LogP contribution < -0.4 is 0 Å². The normalized spacial score (nSPS) is 12.0. The Labute approximate surface area is 380 Å². The van der Waals surface area contributed by atoms with Crippen molar-refractivity contribution >= 4 is 17.9 Å².